The summed E-state index contributed by atoms with van der Waals surface area (Å²) in [5.74, 6) is -0.691. The third-order valence-corrected chi connectivity index (χ3v) is 2.75. The second-order valence-corrected chi connectivity index (χ2v) is 4.47. The number of ether oxygens (including phenoxy) is 1. The molecule has 92 valence electrons. The zero-order chi connectivity index (χ0) is 13.0. The average molecular weight is 308 g/mol. The predicted octanol–water partition coefficient (Wildman–Crippen LogP) is 2.91. The summed E-state index contributed by atoms with van der Waals surface area (Å²) in [4.78, 5) is 15.8. The van der Waals surface area contributed by atoms with Crippen molar-refractivity contribution in [3.05, 3.63) is 58.3 Å². The largest absolute Gasteiger partial charge is 0.507 e. The molecule has 0 bridgehead atoms. The highest BCUT2D eigenvalue weighted by atomic mass is 79.9. The first-order chi connectivity index (χ1) is 8.66. The van der Waals surface area contributed by atoms with Crippen molar-refractivity contribution in [3.8, 4) is 5.75 Å². The second kappa shape index (κ2) is 5.64. The number of hydrogen-bond donors (Lipinski definition) is 1. The zero-order valence-electron chi connectivity index (χ0n) is 9.34. The highest BCUT2D eigenvalue weighted by Gasteiger charge is 2.13. The molecule has 0 radical (unpaired) electrons. The van der Waals surface area contributed by atoms with Crippen molar-refractivity contribution in [3.63, 3.8) is 0 Å². The van der Waals surface area contributed by atoms with Crippen molar-refractivity contribution in [2.45, 2.75) is 6.61 Å². The van der Waals surface area contributed by atoms with Gasteiger partial charge in [-0.1, -0.05) is 22.0 Å². The standard InChI is InChI=1S/C13H10BrNO3/c14-9-4-5-12(16)11(7-9)13(17)18-8-10-3-1-2-6-15-10/h1-7,16H,8H2. The van der Waals surface area contributed by atoms with Gasteiger partial charge < -0.3 is 9.84 Å². The van der Waals surface area contributed by atoms with Crippen LogP contribution in [0, 0.1) is 0 Å². The molecule has 0 amide bonds. The van der Waals surface area contributed by atoms with Crippen LogP contribution in [-0.4, -0.2) is 16.1 Å². The molecule has 0 saturated heterocycles. The van der Waals surface area contributed by atoms with Crippen LogP contribution in [0.15, 0.2) is 47.1 Å². The number of rotatable bonds is 3. The number of pyridine rings is 1. The van der Waals surface area contributed by atoms with Gasteiger partial charge in [0.05, 0.1) is 5.69 Å². The Hall–Kier alpha value is -1.88. The Morgan fingerprint density at radius 3 is 2.89 bits per heavy atom. The van der Waals surface area contributed by atoms with Gasteiger partial charge in [-0.2, -0.15) is 0 Å². The first kappa shape index (κ1) is 12.6. The summed E-state index contributed by atoms with van der Waals surface area (Å²) >= 11 is 3.23. The smallest absolute Gasteiger partial charge is 0.342 e. The molecule has 5 heteroatoms. The molecule has 4 nitrogen and oxygen atoms in total. The Balaban J connectivity index is 2.06. The summed E-state index contributed by atoms with van der Waals surface area (Å²) in [6.45, 7) is 0.0750. The minimum atomic E-state index is -0.584. The number of halogens is 1. The van der Waals surface area contributed by atoms with Crippen molar-refractivity contribution in [1.29, 1.82) is 0 Å². The van der Waals surface area contributed by atoms with Crippen LogP contribution in [-0.2, 0) is 11.3 Å². The number of carbonyl (C=O) groups is 1. The summed E-state index contributed by atoms with van der Waals surface area (Å²) in [7, 11) is 0. The number of nitrogens with zero attached hydrogens (tertiary/aromatic N) is 1. The normalized spacial score (nSPS) is 10.1. The quantitative estimate of drug-likeness (QED) is 0.886. The van der Waals surface area contributed by atoms with Crippen LogP contribution in [0.5, 0.6) is 5.75 Å². The van der Waals surface area contributed by atoms with Crippen LogP contribution < -0.4 is 0 Å². The van der Waals surface area contributed by atoms with Crippen molar-refractivity contribution in [2.24, 2.45) is 0 Å². The van der Waals surface area contributed by atoms with Gasteiger partial charge in [-0.3, -0.25) is 4.98 Å². The minimum Gasteiger partial charge on any atom is -0.507 e. The van der Waals surface area contributed by atoms with E-state index in [0.717, 1.165) is 0 Å². The van der Waals surface area contributed by atoms with Gasteiger partial charge >= 0.3 is 5.97 Å². The van der Waals surface area contributed by atoms with E-state index >= 15 is 0 Å². The molecule has 0 fully saturated rings. The Kier molecular flexibility index (Phi) is 3.94. The molecule has 0 atom stereocenters. The van der Waals surface area contributed by atoms with Gasteiger partial charge in [-0.05, 0) is 30.3 Å². The number of phenols is 1. The van der Waals surface area contributed by atoms with E-state index in [-0.39, 0.29) is 17.9 Å². The summed E-state index contributed by atoms with van der Waals surface area (Å²) in [6.07, 6.45) is 1.62. The third kappa shape index (κ3) is 3.07. The summed E-state index contributed by atoms with van der Waals surface area (Å²) in [5.41, 5.74) is 0.778. The molecule has 0 aliphatic carbocycles. The Labute approximate surface area is 112 Å². The number of hydrogen-bond acceptors (Lipinski definition) is 4. The van der Waals surface area contributed by atoms with Crippen molar-refractivity contribution in [1.82, 2.24) is 4.98 Å². The number of phenolic OH excluding ortho intramolecular Hbond substituents is 1. The molecule has 1 aromatic heterocycles. The summed E-state index contributed by atoms with van der Waals surface area (Å²) in [6, 6.07) is 9.94. The summed E-state index contributed by atoms with van der Waals surface area (Å²) in [5, 5.41) is 9.57. The minimum absolute atomic E-state index is 0.0750. The van der Waals surface area contributed by atoms with Crippen LogP contribution >= 0.6 is 15.9 Å². The fourth-order valence-electron chi connectivity index (χ4n) is 1.37. The molecule has 1 N–H and O–H groups in total. The lowest BCUT2D eigenvalue weighted by Gasteiger charge is -2.06. The first-order valence-corrected chi connectivity index (χ1v) is 6.01. The molecule has 18 heavy (non-hydrogen) atoms. The molecule has 0 unspecified atom stereocenters. The monoisotopic (exact) mass is 307 g/mol. The first-order valence-electron chi connectivity index (χ1n) is 5.22. The van der Waals surface area contributed by atoms with E-state index in [1.54, 1.807) is 24.4 Å². The van der Waals surface area contributed by atoms with Gasteiger partial charge in [-0.15, -0.1) is 0 Å². The maximum atomic E-state index is 11.8. The number of aromatic nitrogens is 1. The molecule has 0 saturated carbocycles. The Bertz CT molecular complexity index is 557. The molecule has 1 heterocycles. The number of carbonyl (C=O) groups excluding carboxylic acids is 1. The lowest BCUT2D eigenvalue weighted by Crippen LogP contribution is -2.06. The average Bonchev–Trinajstić information content (AvgIpc) is 2.40. The molecule has 0 aliphatic heterocycles. The lowest BCUT2D eigenvalue weighted by atomic mass is 10.2. The number of esters is 1. The zero-order valence-corrected chi connectivity index (χ0v) is 10.9. The van der Waals surface area contributed by atoms with E-state index in [1.165, 1.54) is 12.1 Å². The number of aromatic hydroxyl groups is 1. The molecule has 2 aromatic rings. The maximum Gasteiger partial charge on any atom is 0.342 e. The fraction of sp³-hybridized carbons (Fsp3) is 0.0769. The van der Waals surface area contributed by atoms with E-state index in [2.05, 4.69) is 20.9 Å². The third-order valence-electron chi connectivity index (χ3n) is 2.26. The highest BCUT2D eigenvalue weighted by molar-refractivity contribution is 9.10. The van der Waals surface area contributed by atoms with Gasteiger partial charge in [0.2, 0.25) is 0 Å². The molecular formula is C13H10BrNO3. The van der Waals surface area contributed by atoms with Crippen LogP contribution in [0.4, 0.5) is 0 Å². The molecule has 1 aromatic carbocycles. The van der Waals surface area contributed by atoms with E-state index in [0.29, 0.717) is 10.2 Å². The van der Waals surface area contributed by atoms with E-state index in [1.807, 2.05) is 6.07 Å². The van der Waals surface area contributed by atoms with Gasteiger partial charge in [-0.25, -0.2) is 4.79 Å². The summed E-state index contributed by atoms with van der Waals surface area (Å²) < 4.78 is 5.77. The number of benzene rings is 1. The van der Waals surface area contributed by atoms with Crippen molar-refractivity contribution in [2.75, 3.05) is 0 Å². The van der Waals surface area contributed by atoms with Gasteiger partial charge in [0.1, 0.15) is 17.9 Å². The topological polar surface area (TPSA) is 59.4 Å². The second-order valence-electron chi connectivity index (χ2n) is 3.56. The van der Waals surface area contributed by atoms with Gasteiger partial charge in [0.25, 0.3) is 0 Å². The van der Waals surface area contributed by atoms with Gasteiger partial charge in [0, 0.05) is 10.7 Å². The fourth-order valence-corrected chi connectivity index (χ4v) is 1.73. The maximum absolute atomic E-state index is 11.8. The van der Waals surface area contributed by atoms with Crippen molar-refractivity contribution >= 4 is 21.9 Å². The molecule has 0 aliphatic rings. The highest BCUT2D eigenvalue weighted by Crippen LogP contribution is 2.22. The molecule has 0 spiro atoms. The van der Waals surface area contributed by atoms with E-state index in [4.69, 9.17) is 4.74 Å². The van der Waals surface area contributed by atoms with Crippen LogP contribution in [0.3, 0.4) is 0 Å². The van der Waals surface area contributed by atoms with Crippen LogP contribution in [0.25, 0.3) is 0 Å². The van der Waals surface area contributed by atoms with Crippen LogP contribution in [0.2, 0.25) is 0 Å². The Morgan fingerprint density at radius 1 is 1.33 bits per heavy atom. The van der Waals surface area contributed by atoms with Crippen LogP contribution in [0.1, 0.15) is 16.1 Å². The van der Waals surface area contributed by atoms with E-state index < -0.39 is 5.97 Å². The molecule has 2 rings (SSSR count). The molecular weight excluding hydrogens is 298 g/mol. The van der Waals surface area contributed by atoms with Crippen molar-refractivity contribution < 1.29 is 14.6 Å². The van der Waals surface area contributed by atoms with Gasteiger partial charge in [0.15, 0.2) is 0 Å². The van der Waals surface area contributed by atoms with E-state index in [9.17, 15) is 9.90 Å². The Morgan fingerprint density at radius 2 is 2.17 bits per heavy atom. The SMILES string of the molecule is O=C(OCc1ccccn1)c1cc(Br)ccc1O. The predicted molar refractivity (Wildman–Crippen MR) is 69.2 cm³/mol. The lowest BCUT2D eigenvalue weighted by molar-refractivity contribution is 0.0464.